The molecule has 0 atom stereocenters. The molecule has 0 fully saturated rings. The first-order valence-corrected chi connectivity index (χ1v) is 7.33. The highest BCUT2D eigenvalue weighted by atomic mass is 79.9. The third-order valence-corrected chi connectivity index (χ3v) is 3.22. The van der Waals surface area contributed by atoms with E-state index in [2.05, 4.69) is 55.6 Å². The number of rotatable bonds is 6. The molecule has 0 saturated carbocycles. The van der Waals surface area contributed by atoms with E-state index < -0.39 is 0 Å². The van der Waals surface area contributed by atoms with E-state index in [1.807, 2.05) is 18.2 Å². The monoisotopic (exact) mass is 335 g/mol. The van der Waals surface area contributed by atoms with Crippen molar-refractivity contribution in [3.63, 3.8) is 0 Å². The van der Waals surface area contributed by atoms with Crippen molar-refractivity contribution in [3.8, 4) is 0 Å². The Labute approximate surface area is 127 Å². The molecule has 2 aromatic rings. The van der Waals surface area contributed by atoms with Crippen LogP contribution in [0.3, 0.4) is 0 Å². The minimum Gasteiger partial charge on any atom is -0.370 e. The molecule has 0 spiro atoms. The van der Waals surface area contributed by atoms with Crippen molar-refractivity contribution in [1.82, 2.24) is 9.97 Å². The Bertz CT molecular complexity index is 556. The Balaban J connectivity index is 2.01. The van der Waals surface area contributed by atoms with Crippen molar-refractivity contribution >= 4 is 33.5 Å². The van der Waals surface area contributed by atoms with Gasteiger partial charge in [0, 0.05) is 23.6 Å². The minimum absolute atomic E-state index is 0.268. The molecule has 0 amide bonds. The van der Waals surface area contributed by atoms with Gasteiger partial charge in [0.2, 0.25) is 5.95 Å². The van der Waals surface area contributed by atoms with Gasteiger partial charge in [0.15, 0.2) is 0 Å². The second-order valence-electron chi connectivity index (χ2n) is 4.40. The molecule has 6 heteroatoms. The normalized spacial score (nSPS) is 10.3. The predicted molar refractivity (Wildman–Crippen MR) is 86.7 cm³/mol. The summed E-state index contributed by atoms with van der Waals surface area (Å²) >= 11 is 3.42. The van der Waals surface area contributed by atoms with E-state index in [1.165, 1.54) is 5.56 Å². The first-order valence-electron chi connectivity index (χ1n) is 6.54. The van der Waals surface area contributed by atoms with Crippen LogP contribution in [0.1, 0.15) is 18.9 Å². The van der Waals surface area contributed by atoms with E-state index in [4.69, 9.17) is 5.73 Å². The van der Waals surface area contributed by atoms with E-state index in [1.54, 1.807) is 0 Å². The standard InChI is InChI=1S/C14H18BrN5/c1-2-7-17-12-8-13(20-14(16)19-12)18-9-10-3-5-11(15)6-4-10/h3-6,8H,2,7,9H2,1H3,(H4,16,17,18,19,20). The second-order valence-corrected chi connectivity index (χ2v) is 5.32. The number of aromatic nitrogens is 2. The zero-order valence-electron chi connectivity index (χ0n) is 11.4. The summed E-state index contributed by atoms with van der Waals surface area (Å²) in [6.07, 6.45) is 1.03. The molecule has 0 radical (unpaired) electrons. The third kappa shape index (κ3) is 4.38. The summed E-state index contributed by atoms with van der Waals surface area (Å²) < 4.78 is 1.07. The van der Waals surface area contributed by atoms with Crippen molar-refractivity contribution in [2.24, 2.45) is 0 Å². The molecular formula is C14H18BrN5. The summed E-state index contributed by atoms with van der Waals surface area (Å²) in [5.41, 5.74) is 6.89. The lowest BCUT2D eigenvalue weighted by atomic mass is 10.2. The molecule has 1 heterocycles. The number of halogens is 1. The SMILES string of the molecule is CCCNc1cc(NCc2ccc(Br)cc2)nc(N)n1. The smallest absolute Gasteiger partial charge is 0.223 e. The summed E-state index contributed by atoms with van der Waals surface area (Å²) in [5.74, 6) is 1.74. The van der Waals surface area contributed by atoms with Gasteiger partial charge in [-0.15, -0.1) is 0 Å². The largest absolute Gasteiger partial charge is 0.370 e. The van der Waals surface area contributed by atoms with Crippen LogP contribution in [0.2, 0.25) is 0 Å². The van der Waals surface area contributed by atoms with E-state index in [9.17, 15) is 0 Å². The van der Waals surface area contributed by atoms with Crippen LogP contribution in [0.5, 0.6) is 0 Å². The number of anilines is 3. The number of hydrogen-bond donors (Lipinski definition) is 3. The summed E-state index contributed by atoms with van der Waals surface area (Å²) in [5, 5.41) is 6.46. The van der Waals surface area contributed by atoms with Crippen LogP contribution in [0.15, 0.2) is 34.8 Å². The molecule has 106 valence electrons. The van der Waals surface area contributed by atoms with Crippen molar-refractivity contribution in [3.05, 3.63) is 40.4 Å². The molecule has 0 aliphatic heterocycles. The number of nitrogens with zero attached hydrogens (tertiary/aromatic N) is 2. The van der Waals surface area contributed by atoms with Crippen LogP contribution in [0.4, 0.5) is 17.6 Å². The molecule has 20 heavy (non-hydrogen) atoms. The maximum absolute atomic E-state index is 5.71. The van der Waals surface area contributed by atoms with Crippen LogP contribution in [-0.2, 0) is 6.54 Å². The van der Waals surface area contributed by atoms with Gasteiger partial charge in [-0.05, 0) is 24.1 Å². The van der Waals surface area contributed by atoms with Crippen LogP contribution >= 0.6 is 15.9 Å². The van der Waals surface area contributed by atoms with Gasteiger partial charge < -0.3 is 16.4 Å². The lowest BCUT2D eigenvalue weighted by Gasteiger charge is -2.09. The second kappa shape index (κ2) is 7.09. The Morgan fingerprint density at radius 2 is 1.75 bits per heavy atom. The first kappa shape index (κ1) is 14.6. The number of nitrogens with one attached hydrogen (secondary N) is 2. The lowest BCUT2D eigenvalue weighted by Crippen LogP contribution is -2.08. The zero-order valence-corrected chi connectivity index (χ0v) is 12.9. The van der Waals surface area contributed by atoms with Gasteiger partial charge in [0.1, 0.15) is 11.6 Å². The Kier molecular flexibility index (Phi) is 5.17. The highest BCUT2D eigenvalue weighted by Gasteiger charge is 2.02. The number of nitrogens with two attached hydrogens (primary N) is 1. The van der Waals surface area contributed by atoms with Crippen LogP contribution < -0.4 is 16.4 Å². The molecule has 0 saturated heterocycles. The molecule has 1 aromatic heterocycles. The molecule has 4 N–H and O–H groups in total. The molecule has 0 aliphatic rings. The van der Waals surface area contributed by atoms with Gasteiger partial charge >= 0.3 is 0 Å². The molecule has 0 aliphatic carbocycles. The molecule has 2 rings (SSSR count). The van der Waals surface area contributed by atoms with Crippen LogP contribution in [0, 0.1) is 0 Å². The van der Waals surface area contributed by atoms with Crippen LogP contribution in [-0.4, -0.2) is 16.5 Å². The number of hydrogen-bond acceptors (Lipinski definition) is 5. The lowest BCUT2D eigenvalue weighted by molar-refractivity contribution is 0.965. The fourth-order valence-electron chi connectivity index (χ4n) is 1.69. The minimum atomic E-state index is 0.268. The quantitative estimate of drug-likeness (QED) is 0.755. The highest BCUT2D eigenvalue weighted by molar-refractivity contribution is 9.10. The third-order valence-electron chi connectivity index (χ3n) is 2.69. The average molecular weight is 336 g/mol. The van der Waals surface area contributed by atoms with Gasteiger partial charge in [0.05, 0.1) is 0 Å². The molecular weight excluding hydrogens is 318 g/mol. The van der Waals surface area contributed by atoms with E-state index >= 15 is 0 Å². The summed E-state index contributed by atoms with van der Waals surface area (Å²) in [7, 11) is 0. The van der Waals surface area contributed by atoms with Gasteiger partial charge in [-0.25, -0.2) is 0 Å². The Morgan fingerprint density at radius 3 is 2.40 bits per heavy atom. The highest BCUT2D eigenvalue weighted by Crippen LogP contribution is 2.15. The Hall–Kier alpha value is -1.82. The van der Waals surface area contributed by atoms with Crippen molar-refractivity contribution in [2.75, 3.05) is 22.9 Å². The summed E-state index contributed by atoms with van der Waals surface area (Å²) in [6, 6.07) is 10.00. The fraction of sp³-hybridized carbons (Fsp3) is 0.286. The van der Waals surface area contributed by atoms with E-state index in [0.29, 0.717) is 6.54 Å². The summed E-state index contributed by atoms with van der Waals surface area (Å²) in [6.45, 7) is 3.66. The van der Waals surface area contributed by atoms with Gasteiger partial charge in [-0.3, -0.25) is 0 Å². The van der Waals surface area contributed by atoms with Gasteiger partial charge in [-0.2, -0.15) is 9.97 Å². The number of benzene rings is 1. The maximum atomic E-state index is 5.71. The number of nitrogen functional groups attached to an aromatic ring is 1. The molecule has 1 aromatic carbocycles. The first-order chi connectivity index (χ1) is 9.67. The zero-order chi connectivity index (χ0) is 14.4. The topological polar surface area (TPSA) is 75.9 Å². The van der Waals surface area contributed by atoms with E-state index in [0.717, 1.165) is 29.1 Å². The average Bonchev–Trinajstić information content (AvgIpc) is 2.44. The molecule has 0 bridgehead atoms. The predicted octanol–water partition coefficient (Wildman–Crippen LogP) is 3.26. The maximum Gasteiger partial charge on any atom is 0.223 e. The fourth-order valence-corrected chi connectivity index (χ4v) is 1.96. The molecule has 0 unspecified atom stereocenters. The van der Waals surface area contributed by atoms with Crippen molar-refractivity contribution in [1.29, 1.82) is 0 Å². The van der Waals surface area contributed by atoms with E-state index in [-0.39, 0.29) is 5.95 Å². The van der Waals surface area contributed by atoms with Gasteiger partial charge in [0.25, 0.3) is 0 Å². The van der Waals surface area contributed by atoms with Crippen molar-refractivity contribution < 1.29 is 0 Å². The van der Waals surface area contributed by atoms with Crippen molar-refractivity contribution in [2.45, 2.75) is 19.9 Å². The van der Waals surface area contributed by atoms with Gasteiger partial charge in [-0.1, -0.05) is 35.0 Å². The Morgan fingerprint density at radius 1 is 1.10 bits per heavy atom. The summed E-state index contributed by atoms with van der Waals surface area (Å²) in [4.78, 5) is 8.33. The van der Waals surface area contributed by atoms with Crippen LogP contribution in [0.25, 0.3) is 0 Å². The molecule has 5 nitrogen and oxygen atoms in total.